The van der Waals surface area contributed by atoms with E-state index < -0.39 is 5.97 Å². The number of carboxylic acids is 1. The van der Waals surface area contributed by atoms with Crippen LogP contribution >= 0.6 is 0 Å². The highest BCUT2D eigenvalue weighted by molar-refractivity contribution is 5.72. The van der Waals surface area contributed by atoms with Crippen LogP contribution in [-0.4, -0.2) is 32.6 Å². The number of hydrogen-bond donors (Lipinski definition) is 3. The van der Waals surface area contributed by atoms with Gasteiger partial charge in [0, 0.05) is 30.6 Å². The molecule has 1 aromatic carbocycles. The van der Waals surface area contributed by atoms with Crippen molar-refractivity contribution in [2.24, 2.45) is 0 Å². The van der Waals surface area contributed by atoms with Crippen molar-refractivity contribution in [2.45, 2.75) is 6.54 Å². The number of benzene rings is 1. The van der Waals surface area contributed by atoms with Crippen molar-refractivity contribution in [3.05, 3.63) is 66.5 Å². The standard InChI is InChI=1S/C18H17N5O2/c24-17(25)12-21-18-22-15(14-7-4-8-19-11-14)9-16(23-18)20-10-13-5-2-1-3-6-13/h1-9,11H,10,12H2,(H,24,25)(H2,20,21,22,23). The Morgan fingerprint density at radius 1 is 1.04 bits per heavy atom. The molecule has 0 bridgehead atoms. The molecule has 0 amide bonds. The van der Waals surface area contributed by atoms with Crippen molar-refractivity contribution in [1.82, 2.24) is 15.0 Å². The van der Waals surface area contributed by atoms with Crippen LogP contribution in [0.1, 0.15) is 5.56 Å². The van der Waals surface area contributed by atoms with Gasteiger partial charge in [-0.2, -0.15) is 4.98 Å². The minimum atomic E-state index is -0.978. The minimum absolute atomic E-state index is 0.249. The molecule has 2 aromatic heterocycles. The number of hydrogen-bond acceptors (Lipinski definition) is 6. The third-order valence-corrected chi connectivity index (χ3v) is 3.40. The predicted molar refractivity (Wildman–Crippen MR) is 95.2 cm³/mol. The first-order valence-electron chi connectivity index (χ1n) is 7.73. The van der Waals surface area contributed by atoms with Gasteiger partial charge in [0.15, 0.2) is 0 Å². The van der Waals surface area contributed by atoms with E-state index in [4.69, 9.17) is 5.11 Å². The molecule has 3 N–H and O–H groups in total. The Balaban J connectivity index is 1.85. The fourth-order valence-electron chi connectivity index (χ4n) is 2.22. The molecule has 0 saturated carbocycles. The van der Waals surface area contributed by atoms with Gasteiger partial charge in [0.25, 0.3) is 0 Å². The lowest BCUT2D eigenvalue weighted by molar-refractivity contribution is -0.134. The van der Waals surface area contributed by atoms with E-state index in [1.807, 2.05) is 48.5 Å². The molecule has 0 saturated heterocycles. The van der Waals surface area contributed by atoms with Gasteiger partial charge in [0.05, 0.1) is 5.69 Å². The monoisotopic (exact) mass is 335 g/mol. The number of aliphatic carboxylic acids is 1. The highest BCUT2D eigenvalue weighted by atomic mass is 16.4. The Bertz CT molecular complexity index is 841. The lowest BCUT2D eigenvalue weighted by Crippen LogP contribution is -2.15. The van der Waals surface area contributed by atoms with Crippen LogP contribution in [0.25, 0.3) is 11.3 Å². The van der Waals surface area contributed by atoms with E-state index in [0.29, 0.717) is 18.1 Å². The molecular formula is C18H17N5O2. The van der Waals surface area contributed by atoms with E-state index in [1.165, 1.54) is 0 Å². The van der Waals surface area contributed by atoms with Crippen molar-refractivity contribution in [3.8, 4) is 11.3 Å². The van der Waals surface area contributed by atoms with Gasteiger partial charge in [-0.3, -0.25) is 9.78 Å². The molecule has 0 aliphatic rings. The van der Waals surface area contributed by atoms with Gasteiger partial charge in [-0.1, -0.05) is 30.3 Å². The quantitative estimate of drug-likeness (QED) is 0.610. The molecule has 0 atom stereocenters. The SMILES string of the molecule is O=C(O)CNc1nc(NCc2ccccc2)cc(-c2cccnc2)n1. The van der Waals surface area contributed by atoms with Gasteiger partial charge < -0.3 is 15.7 Å². The molecule has 0 spiro atoms. The van der Waals surface area contributed by atoms with Crippen molar-refractivity contribution in [1.29, 1.82) is 0 Å². The lowest BCUT2D eigenvalue weighted by atomic mass is 10.2. The molecule has 0 fully saturated rings. The van der Waals surface area contributed by atoms with Gasteiger partial charge in [-0.05, 0) is 17.7 Å². The maximum atomic E-state index is 10.8. The normalized spacial score (nSPS) is 10.2. The average molecular weight is 335 g/mol. The summed E-state index contributed by atoms with van der Waals surface area (Å²) in [6.07, 6.45) is 3.38. The minimum Gasteiger partial charge on any atom is -0.480 e. The smallest absolute Gasteiger partial charge is 0.322 e. The topological polar surface area (TPSA) is 100 Å². The molecule has 0 unspecified atom stereocenters. The van der Waals surface area contributed by atoms with E-state index in [-0.39, 0.29) is 12.5 Å². The highest BCUT2D eigenvalue weighted by Gasteiger charge is 2.08. The third kappa shape index (κ3) is 4.74. The first kappa shape index (κ1) is 16.4. The molecule has 7 heteroatoms. The van der Waals surface area contributed by atoms with Crippen molar-refractivity contribution < 1.29 is 9.90 Å². The molecule has 3 aromatic rings. The van der Waals surface area contributed by atoms with E-state index in [1.54, 1.807) is 12.4 Å². The number of carboxylic acid groups (broad SMARTS) is 1. The van der Waals surface area contributed by atoms with Crippen LogP contribution in [-0.2, 0) is 11.3 Å². The molecule has 3 rings (SSSR count). The Labute approximate surface area is 144 Å². The van der Waals surface area contributed by atoms with Crippen LogP contribution in [0.2, 0.25) is 0 Å². The summed E-state index contributed by atoms with van der Waals surface area (Å²) in [5.74, 6) is -0.126. The number of aromatic nitrogens is 3. The summed E-state index contributed by atoms with van der Waals surface area (Å²) in [4.78, 5) is 23.6. The van der Waals surface area contributed by atoms with Crippen LogP contribution in [0.4, 0.5) is 11.8 Å². The first-order chi connectivity index (χ1) is 12.2. The summed E-state index contributed by atoms with van der Waals surface area (Å²) in [6.45, 7) is 0.345. The van der Waals surface area contributed by atoms with E-state index in [0.717, 1.165) is 11.1 Å². The molecule has 2 heterocycles. The molecule has 0 aliphatic carbocycles. The number of rotatable bonds is 7. The zero-order valence-corrected chi connectivity index (χ0v) is 13.4. The maximum Gasteiger partial charge on any atom is 0.322 e. The summed E-state index contributed by atoms with van der Waals surface area (Å²) in [5, 5.41) is 14.8. The number of nitrogens with zero attached hydrogens (tertiary/aromatic N) is 3. The zero-order valence-electron chi connectivity index (χ0n) is 13.4. The van der Waals surface area contributed by atoms with Gasteiger partial charge in [0.2, 0.25) is 5.95 Å². The molecule has 25 heavy (non-hydrogen) atoms. The molecule has 7 nitrogen and oxygen atoms in total. The zero-order chi connectivity index (χ0) is 17.5. The molecule has 126 valence electrons. The van der Waals surface area contributed by atoms with Crippen molar-refractivity contribution in [2.75, 3.05) is 17.2 Å². The summed E-state index contributed by atoms with van der Waals surface area (Å²) in [6, 6.07) is 15.4. The number of anilines is 2. The van der Waals surface area contributed by atoms with Crippen LogP contribution < -0.4 is 10.6 Å². The second-order valence-corrected chi connectivity index (χ2v) is 5.29. The Hall–Kier alpha value is -3.48. The maximum absolute atomic E-state index is 10.8. The van der Waals surface area contributed by atoms with Gasteiger partial charge >= 0.3 is 5.97 Å². The summed E-state index contributed by atoms with van der Waals surface area (Å²) in [7, 11) is 0. The van der Waals surface area contributed by atoms with E-state index in [2.05, 4.69) is 25.6 Å². The van der Waals surface area contributed by atoms with E-state index in [9.17, 15) is 4.79 Å². The largest absolute Gasteiger partial charge is 0.480 e. The molecule has 0 radical (unpaired) electrons. The lowest BCUT2D eigenvalue weighted by Gasteiger charge is -2.11. The van der Waals surface area contributed by atoms with Crippen LogP contribution in [0.15, 0.2) is 60.9 Å². The van der Waals surface area contributed by atoms with Gasteiger partial charge in [-0.15, -0.1) is 0 Å². The summed E-state index contributed by atoms with van der Waals surface area (Å²) < 4.78 is 0. The second kappa shape index (κ2) is 7.87. The van der Waals surface area contributed by atoms with Crippen molar-refractivity contribution >= 4 is 17.7 Å². The molecular weight excluding hydrogens is 318 g/mol. The number of pyridine rings is 1. The Kier molecular flexibility index (Phi) is 5.16. The van der Waals surface area contributed by atoms with Crippen LogP contribution in [0.3, 0.4) is 0 Å². The summed E-state index contributed by atoms with van der Waals surface area (Å²) in [5.41, 5.74) is 2.60. The Morgan fingerprint density at radius 3 is 2.60 bits per heavy atom. The van der Waals surface area contributed by atoms with Gasteiger partial charge in [-0.25, -0.2) is 4.98 Å². The first-order valence-corrected chi connectivity index (χ1v) is 7.73. The number of nitrogens with one attached hydrogen (secondary N) is 2. The fourth-order valence-corrected chi connectivity index (χ4v) is 2.22. The van der Waals surface area contributed by atoms with Crippen LogP contribution in [0, 0.1) is 0 Å². The van der Waals surface area contributed by atoms with Gasteiger partial charge in [0.1, 0.15) is 12.4 Å². The Morgan fingerprint density at radius 2 is 1.88 bits per heavy atom. The van der Waals surface area contributed by atoms with Crippen LogP contribution in [0.5, 0.6) is 0 Å². The average Bonchev–Trinajstić information content (AvgIpc) is 2.66. The van der Waals surface area contributed by atoms with Crippen molar-refractivity contribution in [3.63, 3.8) is 0 Å². The number of carbonyl (C=O) groups is 1. The second-order valence-electron chi connectivity index (χ2n) is 5.29. The molecule has 0 aliphatic heterocycles. The third-order valence-electron chi connectivity index (χ3n) is 3.40. The fraction of sp³-hybridized carbons (Fsp3) is 0.111. The highest BCUT2D eigenvalue weighted by Crippen LogP contribution is 2.21. The van der Waals surface area contributed by atoms with E-state index >= 15 is 0 Å². The summed E-state index contributed by atoms with van der Waals surface area (Å²) >= 11 is 0. The predicted octanol–water partition coefficient (Wildman–Crippen LogP) is 2.65.